The van der Waals surface area contributed by atoms with Crippen molar-refractivity contribution in [2.24, 2.45) is 5.92 Å². The summed E-state index contributed by atoms with van der Waals surface area (Å²) < 4.78 is 0. The molecule has 0 aliphatic rings. The SMILES string of the molecule is CCC(C)CC(=O)N(C)CCCNC. The van der Waals surface area contributed by atoms with Gasteiger partial charge >= 0.3 is 0 Å². The lowest BCUT2D eigenvalue weighted by Gasteiger charge is -2.18. The molecule has 84 valence electrons. The zero-order chi connectivity index (χ0) is 11.0. The van der Waals surface area contributed by atoms with Gasteiger partial charge in [-0.05, 0) is 25.9 Å². The summed E-state index contributed by atoms with van der Waals surface area (Å²) in [6, 6.07) is 0. The van der Waals surface area contributed by atoms with E-state index in [1.54, 1.807) is 0 Å². The van der Waals surface area contributed by atoms with Gasteiger partial charge < -0.3 is 10.2 Å². The zero-order valence-electron chi connectivity index (χ0n) is 9.97. The summed E-state index contributed by atoms with van der Waals surface area (Å²) in [4.78, 5) is 13.4. The minimum atomic E-state index is 0.274. The molecule has 1 atom stereocenters. The summed E-state index contributed by atoms with van der Waals surface area (Å²) in [6.07, 6.45) is 2.79. The highest BCUT2D eigenvalue weighted by molar-refractivity contribution is 5.76. The first kappa shape index (κ1) is 13.4. The molecule has 0 fully saturated rings. The Kier molecular flexibility index (Phi) is 7.48. The predicted molar refractivity (Wildman–Crippen MR) is 60.3 cm³/mol. The van der Waals surface area contributed by atoms with E-state index in [0.717, 1.165) is 25.9 Å². The summed E-state index contributed by atoms with van der Waals surface area (Å²) in [7, 11) is 3.82. The Morgan fingerprint density at radius 2 is 2.14 bits per heavy atom. The molecule has 1 unspecified atom stereocenters. The van der Waals surface area contributed by atoms with Crippen LogP contribution in [0.25, 0.3) is 0 Å². The maximum Gasteiger partial charge on any atom is 0.222 e. The van der Waals surface area contributed by atoms with E-state index in [1.165, 1.54) is 0 Å². The van der Waals surface area contributed by atoms with Crippen LogP contribution in [0.1, 0.15) is 33.1 Å². The molecular weight excluding hydrogens is 176 g/mol. The number of hydrogen-bond donors (Lipinski definition) is 1. The molecule has 14 heavy (non-hydrogen) atoms. The summed E-state index contributed by atoms with van der Waals surface area (Å²) in [5.74, 6) is 0.782. The van der Waals surface area contributed by atoms with E-state index < -0.39 is 0 Å². The van der Waals surface area contributed by atoms with Gasteiger partial charge in [-0.3, -0.25) is 4.79 Å². The van der Waals surface area contributed by atoms with Gasteiger partial charge in [-0.1, -0.05) is 20.3 Å². The van der Waals surface area contributed by atoms with Crippen molar-refractivity contribution >= 4 is 5.91 Å². The predicted octanol–water partition coefficient (Wildman–Crippen LogP) is 1.49. The molecule has 0 saturated heterocycles. The highest BCUT2D eigenvalue weighted by Crippen LogP contribution is 2.08. The molecule has 1 N–H and O–H groups in total. The fraction of sp³-hybridized carbons (Fsp3) is 0.909. The quantitative estimate of drug-likeness (QED) is 0.632. The van der Waals surface area contributed by atoms with Crippen LogP contribution in [0.2, 0.25) is 0 Å². The van der Waals surface area contributed by atoms with Crippen molar-refractivity contribution in [1.82, 2.24) is 10.2 Å². The van der Waals surface area contributed by atoms with Crippen molar-refractivity contribution in [3.63, 3.8) is 0 Å². The number of carbonyl (C=O) groups is 1. The molecule has 0 heterocycles. The number of carbonyl (C=O) groups excluding carboxylic acids is 1. The van der Waals surface area contributed by atoms with Crippen molar-refractivity contribution in [1.29, 1.82) is 0 Å². The monoisotopic (exact) mass is 200 g/mol. The summed E-state index contributed by atoms with van der Waals surface area (Å²) >= 11 is 0. The first-order valence-electron chi connectivity index (χ1n) is 5.50. The van der Waals surface area contributed by atoms with Crippen LogP contribution >= 0.6 is 0 Å². The van der Waals surface area contributed by atoms with Gasteiger partial charge in [-0.2, -0.15) is 0 Å². The van der Waals surface area contributed by atoms with Gasteiger partial charge in [-0.15, -0.1) is 0 Å². The van der Waals surface area contributed by atoms with Gasteiger partial charge in [-0.25, -0.2) is 0 Å². The van der Waals surface area contributed by atoms with Crippen molar-refractivity contribution in [2.75, 3.05) is 27.2 Å². The maximum absolute atomic E-state index is 11.6. The third kappa shape index (κ3) is 5.97. The number of nitrogens with one attached hydrogen (secondary N) is 1. The molecule has 0 saturated carbocycles. The van der Waals surface area contributed by atoms with Gasteiger partial charge in [0.2, 0.25) is 5.91 Å². The van der Waals surface area contributed by atoms with E-state index in [9.17, 15) is 4.79 Å². The standard InChI is InChI=1S/C11H24N2O/c1-5-10(2)9-11(14)13(4)8-6-7-12-3/h10,12H,5-9H2,1-4H3. The second-order valence-corrected chi connectivity index (χ2v) is 3.99. The lowest BCUT2D eigenvalue weighted by Crippen LogP contribution is -2.30. The lowest BCUT2D eigenvalue weighted by atomic mass is 10.0. The third-order valence-electron chi connectivity index (χ3n) is 2.57. The van der Waals surface area contributed by atoms with E-state index in [4.69, 9.17) is 0 Å². The number of hydrogen-bond acceptors (Lipinski definition) is 2. The van der Waals surface area contributed by atoms with Crippen LogP contribution in [0.4, 0.5) is 0 Å². The van der Waals surface area contributed by atoms with E-state index in [2.05, 4.69) is 19.2 Å². The molecule has 1 amide bonds. The topological polar surface area (TPSA) is 32.3 Å². The highest BCUT2D eigenvalue weighted by Gasteiger charge is 2.11. The Labute approximate surface area is 87.9 Å². The van der Waals surface area contributed by atoms with Crippen LogP contribution in [-0.4, -0.2) is 38.0 Å². The fourth-order valence-electron chi connectivity index (χ4n) is 1.22. The van der Waals surface area contributed by atoms with Gasteiger partial charge in [0.05, 0.1) is 0 Å². The Balaban J connectivity index is 3.64. The Hall–Kier alpha value is -0.570. The van der Waals surface area contributed by atoms with Crippen molar-refractivity contribution < 1.29 is 4.79 Å². The van der Waals surface area contributed by atoms with Crippen LogP contribution in [0.5, 0.6) is 0 Å². The summed E-state index contributed by atoms with van der Waals surface area (Å²) in [5.41, 5.74) is 0. The van der Waals surface area contributed by atoms with Crippen molar-refractivity contribution in [2.45, 2.75) is 33.1 Å². The van der Waals surface area contributed by atoms with Gasteiger partial charge in [0.15, 0.2) is 0 Å². The second kappa shape index (κ2) is 7.80. The summed E-state index contributed by atoms with van der Waals surface area (Å²) in [5, 5.41) is 3.08. The van der Waals surface area contributed by atoms with Crippen LogP contribution < -0.4 is 5.32 Å². The molecule has 0 aromatic rings. The molecule has 0 bridgehead atoms. The molecule has 0 aliphatic carbocycles. The maximum atomic E-state index is 11.6. The smallest absolute Gasteiger partial charge is 0.222 e. The van der Waals surface area contributed by atoms with Crippen LogP contribution in [0.3, 0.4) is 0 Å². The molecule has 3 nitrogen and oxygen atoms in total. The Bertz CT molecular complexity index is 159. The third-order valence-corrected chi connectivity index (χ3v) is 2.57. The van der Waals surface area contributed by atoms with E-state index in [0.29, 0.717) is 12.3 Å². The fourth-order valence-corrected chi connectivity index (χ4v) is 1.22. The van der Waals surface area contributed by atoms with E-state index in [-0.39, 0.29) is 5.91 Å². The molecule has 0 aliphatic heterocycles. The Morgan fingerprint density at radius 3 is 2.64 bits per heavy atom. The van der Waals surface area contributed by atoms with E-state index in [1.807, 2.05) is 19.0 Å². The minimum Gasteiger partial charge on any atom is -0.346 e. The first-order chi connectivity index (χ1) is 6.61. The number of rotatable bonds is 7. The number of amides is 1. The molecule has 0 aromatic carbocycles. The largest absolute Gasteiger partial charge is 0.346 e. The average Bonchev–Trinajstić information content (AvgIpc) is 2.17. The van der Waals surface area contributed by atoms with Crippen LogP contribution in [0.15, 0.2) is 0 Å². The molecule has 0 aromatic heterocycles. The molecule has 0 spiro atoms. The molecule has 0 radical (unpaired) electrons. The minimum absolute atomic E-state index is 0.274. The number of nitrogens with zero attached hydrogens (tertiary/aromatic N) is 1. The summed E-state index contributed by atoms with van der Waals surface area (Å²) in [6.45, 7) is 6.08. The van der Waals surface area contributed by atoms with E-state index >= 15 is 0 Å². The van der Waals surface area contributed by atoms with Crippen LogP contribution in [-0.2, 0) is 4.79 Å². The molecular formula is C11H24N2O. The van der Waals surface area contributed by atoms with Gasteiger partial charge in [0.25, 0.3) is 0 Å². The highest BCUT2D eigenvalue weighted by atomic mass is 16.2. The lowest BCUT2D eigenvalue weighted by molar-refractivity contribution is -0.130. The van der Waals surface area contributed by atoms with Crippen molar-refractivity contribution in [3.05, 3.63) is 0 Å². The van der Waals surface area contributed by atoms with Crippen molar-refractivity contribution in [3.8, 4) is 0 Å². The average molecular weight is 200 g/mol. The zero-order valence-corrected chi connectivity index (χ0v) is 9.97. The Morgan fingerprint density at radius 1 is 1.50 bits per heavy atom. The second-order valence-electron chi connectivity index (χ2n) is 3.99. The molecule has 3 heteroatoms. The first-order valence-corrected chi connectivity index (χ1v) is 5.50. The van der Waals surface area contributed by atoms with Crippen LogP contribution in [0, 0.1) is 5.92 Å². The molecule has 0 rings (SSSR count). The van der Waals surface area contributed by atoms with Gasteiger partial charge in [0.1, 0.15) is 0 Å². The normalized spacial score (nSPS) is 12.6. The van der Waals surface area contributed by atoms with Gasteiger partial charge in [0, 0.05) is 20.0 Å².